The van der Waals surface area contributed by atoms with E-state index < -0.39 is 5.91 Å². The number of carbonyl (C=O) groups is 2. The largest absolute Gasteiger partial charge is 0.342 e. The highest BCUT2D eigenvalue weighted by molar-refractivity contribution is 6.30. The van der Waals surface area contributed by atoms with Crippen molar-refractivity contribution >= 4 is 29.1 Å². The van der Waals surface area contributed by atoms with Gasteiger partial charge < -0.3 is 10.6 Å². The molecule has 114 valence electrons. The lowest BCUT2D eigenvalue weighted by Gasteiger charge is -2.10. The van der Waals surface area contributed by atoms with Gasteiger partial charge in [0.05, 0.1) is 6.54 Å². The van der Waals surface area contributed by atoms with Gasteiger partial charge in [0.25, 0.3) is 5.91 Å². The smallest absolute Gasteiger partial charge is 0.270 e. The van der Waals surface area contributed by atoms with Crippen molar-refractivity contribution in [2.75, 3.05) is 11.9 Å². The van der Waals surface area contributed by atoms with E-state index in [1.165, 1.54) is 12.3 Å². The number of rotatable bonds is 5. The van der Waals surface area contributed by atoms with Gasteiger partial charge in [-0.05, 0) is 30.2 Å². The third-order valence-corrected chi connectivity index (χ3v) is 3.27. The van der Waals surface area contributed by atoms with Crippen LogP contribution in [0, 0.1) is 0 Å². The fraction of sp³-hybridized carbons (Fsp3) is 0.188. The average Bonchev–Trinajstić information content (AvgIpc) is 2.53. The van der Waals surface area contributed by atoms with Gasteiger partial charge in [-0.15, -0.1) is 0 Å². The van der Waals surface area contributed by atoms with E-state index in [0.29, 0.717) is 5.02 Å². The van der Waals surface area contributed by atoms with Gasteiger partial charge >= 0.3 is 0 Å². The Labute approximate surface area is 133 Å². The van der Waals surface area contributed by atoms with Crippen LogP contribution in [0.4, 0.5) is 5.69 Å². The summed E-state index contributed by atoms with van der Waals surface area (Å²) in [6.45, 7) is 1.88. The molecule has 1 heterocycles. The topological polar surface area (TPSA) is 71.1 Å². The van der Waals surface area contributed by atoms with Gasteiger partial charge in [0.1, 0.15) is 5.69 Å². The molecule has 0 saturated heterocycles. The Morgan fingerprint density at radius 1 is 1.23 bits per heavy atom. The summed E-state index contributed by atoms with van der Waals surface area (Å²) in [6, 6.07) is 10.6. The first-order chi connectivity index (χ1) is 10.6. The number of amides is 2. The Hall–Kier alpha value is -2.40. The summed E-state index contributed by atoms with van der Waals surface area (Å²) in [5, 5.41) is 5.71. The first kappa shape index (κ1) is 16.0. The second-order valence-corrected chi connectivity index (χ2v) is 5.04. The van der Waals surface area contributed by atoms with Crippen LogP contribution in [-0.2, 0) is 11.2 Å². The van der Waals surface area contributed by atoms with Gasteiger partial charge in [0.2, 0.25) is 5.91 Å². The number of aryl methyl sites for hydroxylation is 1. The van der Waals surface area contributed by atoms with E-state index in [9.17, 15) is 9.59 Å². The molecular weight excluding hydrogens is 302 g/mol. The highest BCUT2D eigenvalue weighted by Gasteiger charge is 2.10. The summed E-state index contributed by atoms with van der Waals surface area (Å²) >= 11 is 5.79. The lowest BCUT2D eigenvalue weighted by atomic mass is 10.1. The van der Waals surface area contributed by atoms with Crippen LogP contribution in [0.3, 0.4) is 0 Å². The summed E-state index contributed by atoms with van der Waals surface area (Å²) in [5.41, 5.74) is 1.97. The maximum absolute atomic E-state index is 11.9. The number of carbonyl (C=O) groups excluding carboxylic acids is 2. The first-order valence-electron chi connectivity index (χ1n) is 6.87. The third kappa shape index (κ3) is 4.30. The Bertz CT molecular complexity index is 689. The van der Waals surface area contributed by atoms with Crippen molar-refractivity contribution in [2.45, 2.75) is 13.3 Å². The number of nitrogens with one attached hydrogen (secondary N) is 2. The fourth-order valence-corrected chi connectivity index (χ4v) is 2.08. The first-order valence-corrected chi connectivity index (χ1v) is 7.25. The van der Waals surface area contributed by atoms with Crippen LogP contribution in [-0.4, -0.2) is 23.3 Å². The number of para-hydroxylation sites is 1. The molecule has 2 amide bonds. The van der Waals surface area contributed by atoms with Crippen LogP contribution in [0.2, 0.25) is 5.02 Å². The predicted molar refractivity (Wildman–Crippen MR) is 86.0 cm³/mol. The van der Waals surface area contributed by atoms with Crippen molar-refractivity contribution in [1.29, 1.82) is 0 Å². The summed E-state index contributed by atoms with van der Waals surface area (Å²) < 4.78 is 0. The van der Waals surface area contributed by atoms with Crippen LogP contribution < -0.4 is 10.6 Å². The Morgan fingerprint density at radius 3 is 2.73 bits per heavy atom. The molecule has 0 spiro atoms. The highest BCUT2D eigenvalue weighted by Crippen LogP contribution is 2.15. The average molecular weight is 318 g/mol. The van der Waals surface area contributed by atoms with E-state index in [4.69, 9.17) is 11.6 Å². The third-order valence-electron chi connectivity index (χ3n) is 3.04. The van der Waals surface area contributed by atoms with Crippen LogP contribution in [0.25, 0.3) is 0 Å². The minimum atomic E-state index is -0.443. The number of hydrogen-bond donors (Lipinski definition) is 2. The van der Waals surface area contributed by atoms with Crippen molar-refractivity contribution in [3.63, 3.8) is 0 Å². The minimum absolute atomic E-state index is 0.134. The monoisotopic (exact) mass is 317 g/mol. The minimum Gasteiger partial charge on any atom is -0.342 e. The molecule has 0 aliphatic heterocycles. The molecule has 1 aromatic heterocycles. The van der Waals surface area contributed by atoms with E-state index in [2.05, 4.69) is 15.6 Å². The molecule has 0 aliphatic carbocycles. The van der Waals surface area contributed by atoms with Crippen molar-refractivity contribution in [1.82, 2.24) is 10.3 Å². The molecule has 22 heavy (non-hydrogen) atoms. The lowest BCUT2D eigenvalue weighted by molar-refractivity contribution is -0.115. The molecule has 0 unspecified atom stereocenters. The fourth-order valence-electron chi connectivity index (χ4n) is 1.93. The summed E-state index contributed by atoms with van der Waals surface area (Å²) in [7, 11) is 0. The number of hydrogen-bond acceptors (Lipinski definition) is 3. The molecule has 2 rings (SSSR count). The maximum atomic E-state index is 11.9. The lowest BCUT2D eigenvalue weighted by Crippen LogP contribution is -2.33. The zero-order valence-electron chi connectivity index (χ0n) is 12.1. The van der Waals surface area contributed by atoms with E-state index in [-0.39, 0.29) is 18.1 Å². The molecule has 0 fully saturated rings. The van der Waals surface area contributed by atoms with Crippen molar-refractivity contribution in [3.8, 4) is 0 Å². The zero-order valence-corrected chi connectivity index (χ0v) is 12.9. The molecule has 1 aromatic carbocycles. The molecule has 2 aromatic rings. The Kier molecular flexibility index (Phi) is 5.49. The van der Waals surface area contributed by atoms with Crippen LogP contribution in [0.1, 0.15) is 23.0 Å². The van der Waals surface area contributed by atoms with Crippen LogP contribution in [0.15, 0.2) is 42.6 Å². The molecule has 0 aliphatic rings. The van der Waals surface area contributed by atoms with E-state index in [1.54, 1.807) is 6.07 Å². The van der Waals surface area contributed by atoms with Gasteiger partial charge in [-0.1, -0.05) is 36.7 Å². The molecule has 2 N–H and O–H groups in total. The molecule has 0 saturated carbocycles. The van der Waals surface area contributed by atoms with Gasteiger partial charge in [-0.3, -0.25) is 14.6 Å². The SMILES string of the molecule is CCc1ccccc1NC(=O)CNC(=O)c1cc(Cl)ccn1. The quantitative estimate of drug-likeness (QED) is 0.890. The van der Waals surface area contributed by atoms with E-state index in [1.807, 2.05) is 31.2 Å². The summed E-state index contributed by atoms with van der Waals surface area (Å²) in [6.07, 6.45) is 2.25. The van der Waals surface area contributed by atoms with Gasteiger partial charge in [-0.25, -0.2) is 0 Å². The molecule has 0 atom stereocenters. The number of aromatic nitrogens is 1. The Morgan fingerprint density at radius 2 is 2.00 bits per heavy atom. The van der Waals surface area contributed by atoms with Gasteiger partial charge in [-0.2, -0.15) is 0 Å². The molecule has 0 bridgehead atoms. The van der Waals surface area contributed by atoms with Crippen LogP contribution >= 0.6 is 11.6 Å². The number of halogens is 1. The van der Waals surface area contributed by atoms with Crippen LogP contribution in [0.5, 0.6) is 0 Å². The van der Waals surface area contributed by atoms with E-state index >= 15 is 0 Å². The maximum Gasteiger partial charge on any atom is 0.270 e. The second-order valence-electron chi connectivity index (χ2n) is 4.60. The van der Waals surface area contributed by atoms with Gasteiger partial charge in [0.15, 0.2) is 0 Å². The summed E-state index contributed by atoms with van der Waals surface area (Å²) in [4.78, 5) is 27.7. The highest BCUT2D eigenvalue weighted by atomic mass is 35.5. The molecule has 6 heteroatoms. The van der Waals surface area contributed by atoms with Gasteiger partial charge in [0, 0.05) is 16.9 Å². The van der Waals surface area contributed by atoms with Crippen molar-refractivity contribution in [2.24, 2.45) is 0 Å². The van der Waals surface area contributed by atoms with Crippen molar-refractivity contribution in [3.05, 3.63) is 58.9 Å². The number of nitrogens with zero attached hydrogens (tertiary/aromatic N) is 1. The normalized spacial score (nSPS) is 10.1. The Balaban J connectivity index is 1.91. The second kappa shape index (κ2) is 7.56. The standard InChI is InChI=1S/C16H16ClN3O2/c1-2-11-5-3-4-6-13(11)20-15(21)10-19-16(22)14-9-12(17)7-8-18-14/h3-9H,2,10H2,1H3,(H,19,22)(H,20,21). The number of benzene rings is 1. The molecule has 5 nitrogen and oxygen atoms in total. The van der Waals surface area contributed by atoms with Crippen molar-refractivity contribution < 1.29 is 9.59 Å². The number of pyridine rings is 1. The zero-order chi connectivity index (χ0) is 15.9. The van der Waals surface area contributed by atoms with E-state index in [0.717, 1.165) is 17.7 Å². The summed E-state index contributed by atoms with van der Waals surface area (Å²) in [5.74, 6) is -0.738. The predicted octanol–water partition coefficient (Wildman–Crippen LogP) is 2.67. The number of anilines is 1. The molecule has 0 radical (unpaired) electrons. The molecular formula is C16H16ClN3O2.